The highest BCUT2D eigenvalue weighted by Gasteiger charge is 2.18. The number of hydrogen-bond acceptors (Lipinski definition) is 4. The maximum Gasteiger partial charge on any atom is 0.235 e. The van der Waals surface area contributed by atoms with E-state index in [2.05, 4.69) is 10.7 Å². The Hall–Kier alpha value is -0.650. The van der Waals surface area contributed by atoms with Crippen LogP contribution in [-0.4, -0.2) is 29.7 Å². The smallest absolute Gasteiger partial charge is 0.235 e. The van der Waals surface area contributed by atoms with E-state index >= 15 is 0 Å². The number of nitrogens with two attached hydrogens (primary N) is 1. The third-order valence-electron chi connectivity index (χ3n) is 1.48. The van der Waals surface area contributed by atoms with Gasteiger partial charge in [0.05, 0.1) is 6.54 Å². The van der Waals surface area contributed by atoms with Crippen LogP contribution >= 0.6 is 0 Å². The molecule has 0 spiro atoms. The second kappa shape index (κ2) is 5.08. The normalized spacial score (nSPS) is 11.3. The first-order valence-corrected chi connectivity index (χ1v) is 3.87. The largest absolute Gasteiger partial charge is 0.396 e. The van der Waals surface area contributed by atoms with E-state index in [9.17, 15) is 4.79 Å². The van der Waals surface area contributed by atoms with Gasteiger partial charge in [0.25, 0.3) is 0 Å². The van der Waals surface area contributed by atoms with E-state index in [-0.39, 0.29) is 24.6 Å². The Labute approximate surface area is 72.3 Å². The Morgan fingerprint density at radius 1 is 1.58 bits per heavy atom. The van der Waals surface area contributed by atoms with Gasteiger partial charge < -0.3 is 10.4 Å². The van der Waals surface area contributed by atoms with Crippen molar-refractivity contribution in [1.29, 1.82) is 0 Å². The summed E-state index contributed by atoms with van der Waals surface area (Å²) >= 11 is 0. The van der Waals surface area contributed by atoms with Gasteiger partial charge >= 0.3 is 0 Å². The van der Waals surface area contributed by atoms with Crippen molar-refractivity contribution >= 4 is 5.91 Å². The highest BCUT2D eigenvalue weighted by atomic mass is 16.3. The average Bonchev–Trinajstić information content (AvgIpc) is 1.85. The molecule has 0 aliphatic rings. The van der Waals surface area contributed by atoms with Crippen molar-refractivity contribution in [3.05, 3.63) is 0 Å². The van der Waals surface area contributed by atoms with E-state index in [1.54, 1.807) is 0 Å². The van der Waals surface area contributed by atoms with Crippen molar-refractivity contribution < 1.29 is 9.90 Å². The number of aliphatic hydroxyl groups excluding tert-OH is 1. The average molecular weight is 175 g/mol. The second-order valence-electron chi connectivity index (χ2n) is 3.29. The molecule has 0 aromatic heterocycles. The molecular formula is C7H17N3O2. The number of hydrogen-bond donors (Lipinski definition) is 4. The molecule has 0 aromatic carbocycles. The zero-order valence-corrected chi connectivity index (χ0v) is 7.55. The van der Waals surface area contributed by atoms with Gasteiger partial charge in [0.15, 0.2) is 0 Å². The van der Waals surface area contributed by atoms with Crippen molar-refractivity contribution in [3.8, 4) is 0 Å². The fourth-order valence-corrected chi connectivity index (χ4v) is 0.856. The predicted octanol–water partition coefficient (Wildman–Crippen LogP) is -1.27. The van der Waals surface area contributed by atoms with Gasteiger partial charge in [-0.25, -0.2) is 0 Å². The summed E-state index contributed by atoms with van der Waals surface area (Å²) in [6.07, 6.45) is 0.531. The zero-order valence-electron chi connectivity index (χ0n) is 7.55. The Morgan fingerprint density at radius 3 is 2.58 bits per heavy atom. The molecule has 0 radical (unpaired) electrons. The summed E-state index contributed by atoms with van der Waals surface area (Å²) < 4.78 is 0. The van der Waals surface area contributed by atoms with E-state index in [4.69, 9.17) is 10.9 Å². The summed E-state index contributed by atoms with van der Waals surface area (Å²) in [4.78, 5) is 11.0. The maximum atomic E-state index is 11.0. The van der Waals surface area contributed by atoms with Crippen LogP contribution in [0.2, 0.25) is 0 Å². The number of amides is 1. The van der Waals surface area contributed by atoms with Crippen LogP contribution in [-0.2, 0) is 4.79 Å². The minimum Gasteiger partial charge on any atom is -0.396 e. The first kappa shape index (κ1) is 11.4. The predicted molar refractivity (Wildman–Crippen MR) is 46.1 cm³/mol. The van der Waals surface area contributed by atoms with E-state index < -0.39 is 0 Å². The summed E-state index contributed by atoms with van der Waals surface area (Å²) in [5.74, 6) is 4.79. The van der Waals surface area contributed by atoms with Crippen LogP contribution in [0.1, 0.15) is 20.3 Å². The minimum absolute atomic E-state index is 0.0589. The molecule has 0 saturated heterocycles. The van der Waals surface area contributed by atoms with Crippen LogP contribution < -0.4 is 16.6 Å². The molecule has 0 fully saturated rings. The van der Waals surface area contributed by atoms with Crippen LogP contribution in [0.15, 0.2) is 0 Å². The van der Waals surface area contributed by atoms with Crippen LogP contribution in [0.25, 0.3) is 0 Å². The Morgan fingerprint density at radius 2 is 2.17 bits per heavy atom. The molecule has 0 aliphatic carbocycles. The molecule has 0 saturated carbocycles. The van der Waals surface area contributed by atoms with Crippen LogP contribution in [0.5, 0.6) is 0 Å². The van der Waals surface area contributed by atoms with Crippen molar-refractivity contribution in [2.24, 2.45) is 5.84 Å². The number of carbonyl (C=O) groups excluding carboxylic acids is 1. The molecule has 5 nitrogen and oxygen atoms in total. The maximum absolute atomic E-state index is 11.0. The van der Waals surface area contributed by atoms with Gasteiger partial charge in [0, 0.05) is 12.1 Å². The van der Waals surface area contributed by atoms with E-state index in [1.165, 1.54) is 0 Å². The molecule has 0 bridgehead atoms. The summed E-state index contributed by atoms with van der Waals surface area (Å²) in [6, 6.07) is 0. The quantitative estimate of drug-likeness (QED) is 0.310. The molecule has 5 N–H and O–H groups in total. The van der Waals surface area contributed by atoms with Gasteiger partial charge in [-0.05, 0) is 20.3 Å². The van der Waals surface area contributed by atoms with Crippen molar-refractivity contribution in [3.63, 3.8) is 0 Å². The van der Waals surface area contributed by atoms with E-state index in [0.717, 1.165) is 0 Å². The zero-order chi connectivity index (χ0) is 9.61. The number of aliphatic hydroxyl groups is 1. The number of nitrogens with one attached hydrogen (secondary N) is 2. The number of rotatable bonds is 5. The van der Waals surface area contributed by atoms with Gasteiger partial charge in [-0.3, -0.25) is 16.1 Å². The third-order valence-corrected chi connectivity index (χ3v) is 1.48. The lowest BCUT2D eigenvalue weighted by Gasteiger charge is -2.25. The number of carbonyl (C=O) groups is 1. The molecule has 5 heteroatoms. The van der Waals surface area contributed by atoms with Crippen molar-refractivity contribution in [1.82, 2.24) is 10.7 Å². The van der Waals surface area contributed by atoms with Gasteiger partial charge in [-0.15, -0.1) is 0 Å². The molecule has 12 heavy (non-hydrogen) atoms. The lowest BCUT2D eigenvalue weighted by atomic mass is 10.0. The van der Waals surface area contributed by atoms with Crippen molar-refractivity contribution in [2.75, 3.05) is 13.2 Å². The summed E-state index contributed by atoms with van der Waals surface area (Å²) in [7, 11) is 0. The number of hydrazine groups is 1. The molecule has 0 aromatic rings. The molecule has 0 heterocycles. The molecule has 0 unspecified atom stereocenters. The monoisotopic (exact) mass is 175 g/mol. The molecule has 0 aliphatic heterocycles. The molecule has 0 atom stereocenters. The van der Waals surface area contributed by atoms with Crippen LogP contribution in [0, 0.1) is 0 Å². The first-order chi connectivity index (χ1) is 5.52. The first-order valence-electron chi connectivity index (χ1n) is 3.87. The second-order valence-corrected chi connectivity index (χ2v) is 3.29. The molecular weight excluding hydrogens is 158 g/mol. The molecule has 0 rings (SSSR count). The van der Waals surface area contributed by atoms with Gasteiger partial charge in [-0.1, -0.05) is 0 Å². The summed E-state index contributed by atoms with van der Waals surface area (Å²) in [5.41, 5.74) is 1.89. The fraction of sp³-hybridized carbons (Fsp3) is 0.857. The SMILES string of the molecule is CC(C)(CCO)NC(=O)CNN. The Bertz CT molecular complexity index is 148. The standard InChI is InChI=1S/C7H17N3O2/c1-7(2,3-4-11)10-6(12)5-9-8/h9,11H,3-5,8H2,1-2H3,(H,10,12). The molecule has 72 valence electrons. The highest BCUT2D eigenvalue weighted by Crippen LogP contribution is 2.06. The minimum atomic E-state index is -0.372. The Kier molecular flexibility index (Phi) is 4.80. The lowest BCUT2D eigenvalue weighted by molar-refractivity contribution is -0.121. The van der Waals surface area contributed by atoms with Gasteiger partial charge in [-0.2, -0.15) is 0 Å². The molecule has 1 amide bonds. The van der Waals surface area contributed by atoms with Gasteiger partial charge in [0.1, 0.15) is 0 Å². The van der Waals surface area contributed by atoms with Crippen molar-refractivity contribution in [2.45, 2.75) is 25.8 Å². The van der Waals surface area contributed by atoms with Gasteiger partial charge in [0.2, 0.25) is 5.91 Å². The lowest BCUT2D eigenvalue weighted by Crippen LogP contribution is -2.48. The fourth-order valence-electron chi connectivity index (χ4n) is 0.856. The van der Waals surface area contributed by atoms with E-state index in [0.29, 0.717) is 6.42 Å². The Balaban J connectivity index is 3.79. The van der Waals surface area contributed by atoms with Crippen LogP contribution in [0.4, 0.5) is 0 Å². The summed E-state index contributed by atoms with van der Waals surface area (Å²) in [5, 5.41) is 11.4. The topological polar surface area (TPSA) is 87.4 Å². The highest BCUT2D eigenvalue weighted by molar-refractivity contribution is 5.78. The summed E-state index contributed by atoms with van der Waals surface area (Å²) in [6.45, 7) is 3.84. The van der Waals surface area contributed by atoms with E-state index in [1.807, 2.05) is 13.8 Å². The van der Waals surface area contributed by atoms with Crippen LogP contribution in [0.3, 0.4) is 0 Å². The third kappa shape index (κ3) is 5.06.